The number of carbonyl (C=O) groups excluding carboxylic acids is 1. The molecule has 2 fully saturated rings. The first-order chi connectivity index (χ1) is 13.0. The Morgan fingerprint density at radius 2 is 2.04 bits per heavy atom. The summed E-state index contributed by atoms with van der Waals surface area (Å²) in [7, 11) is 0. The van der Waals surface area contributed by atoms with Crippen molar-refractivity contribution in [3.63, 3.8) is 0 Å². The lowest BCUT2D eigenvalue weighted by Crippen LogP contribution is -2.21. The number of allylic oxidation sites excluding steroid dienone is 4. The predicted octanol–water partition coefficient (Wildman–Crippen LogP) is 5.06. The molecule has 0 aromatic heterocycles. The van der Waals surface area contributed by atoms with Crippen LogP contribution in [0.25, 0.3) is 0 Å². The summed E-state index contributed by atoms with van der Waals surface area (Å²) >= 11 is 0. The fraction of sp³-hybridized carbons (Fsp3) is 0.739. The van der Waals surface area contributed by atoms with Gasteiger partial charge < -0.3 is 10.2 Å². The number of hydrogen-bond acceptors (Lipinski definition) is 3. The van der Waals surface area contributed by atoms with Gasteiger partial charge in [-0.3, -0.25) is 9.59 Å². The second-order valence-corrected chi connectivity index (χ2v) is 8.37. The molecule has 0 radical (unpaired) electrons. The van der Waals surface area contributed by atoms with Crippen LogP contribution >= 0.6 is 0 Å². The van der Waals surface area contributed by atoms with E-state index in [9.17, 15) is 14.7 Å². The van der Waals surface area contributed by atoms with E-state index in [1.54, 1.807) is 0 Å². The highest BCUT2D eigenvalue weighted by atomic mass is 16.4. The SMILES string of the molecule is CCCCC(CC=C[C@H]1CCC(=O)[C@@H]1CC=CCCCC(=O)O)C1(O)CC1. The van der Waals surface area contributed by atoms with Crippen LogP contribution in [0.2, 0.25) is 0 Å². The number of carboxylic acids is 1. The number of carboxylic acid groups (broad SMARTS) is 1. The minimum Gasteiger partial charge on any atom is -0.481 e. The van der Waals surface area contributed by atoms with Crippen molar-refractivity contribution in [2.24, 2.45) is 17.8 Å². The molecule has 2 rings (SSSR count). The van der Waals surface area contributed by atoms with Gasteiger partial charge in [-0.05, 0) is 63.2 Å². The van der Waals surface area contributed by atoms with Crippen LogP contribution in [0.15, 0.2) is 24.3 Å². The number of aliphatic hydroxyl groups is 1. The molecule has 152 valence electrons. The maximum Gasteiger partial charge on any atom is 0.303 e. The molecule has 0 bridgehead atoms. The van der Waals surface area contributed by atoms with Gasteiger partial charge in [0.2, 0.25) is 0 Å². The van der Waals surface area contributed by atoms with Gasteiger partial charge in [0, 0.05) is 18.8 Å². The first-order valence-corrected chi connectivity index (χ1v) is 10.7. The van der Waals surface area contributed by atoms with Crippen molar-refractivity contribution in [1.29, 1.82) is 0 Å². The van der Waals surface area contributed by atoms with Crippen LogP contribution in [0.5, 0.6) is 0 Å². The molecule has 4 nitrogen and oxygen atoms in total. The van der Waals surface area contributed by atoms with E-state index in [2.05, 4.69) is 19.1 Å². The van der Waals surface area contributed by atoms with Crippen molar-refractivity contribution in [2.45, 2.75) is 89.6 Å². The zero-order valence-corrected chi connectivity index (χ0v) is 16.7. The molecule has 0 heterocycles. The highest BCUT2D eigenvalue weighted by Gasteiger charge is 2.46. The molecule has 0 saturated heterocycles. The Morgan fingerprint density at radius 1 is 1.26 bits per heavy atom. The average molecular weight is 377 g/mol. The largest absolute Gasteiger partial charge is 0.481 e. The Labute approximate surface area is 163 Å². The van der Waals surface area contributed by atoms with E-state index in [-0.39, 0.29) is 12.3 Å². The van der Waals surface area contributed by atoms with E-state index >= 15 is 0 Å². The van der Waals surface area contributed by atoms with Gasteiger partial charge in [0.25, 0.3) is 0 Å². The van der Waals surface area contributed by atoms with E-state index in [0.29, 0.717) is 30.5 Å². The first-order valence-electron chi connectivity index (χ1n) is 10.7. The highest BCUT2D eigenvalue weighted by molar-refractivity contribution is 5.83. The lowest BCUT2D eigenvalue weighted by atomic mass is 9.88. The average Bonchev–Trinajstić information content (AvgIpc) is 3.28. The highest BCUT2D eigenvalue weighted by Crippen LogP contribution is 2.46. The van der Waals surface area contributed by atoms with Crippen LogP contribution in [-0.4, -0.2) is 27.6 Å². The number of aliphatic carboxylic acids is 1. The second kappa shape index (κ2) is 10.8. The second-order valence-electron chi connectivity index (χ2n) is 8.37. The zero-order valence-electron chi connectivity index (χ0n) is 16.7. The molecular weight excluding hydrogens is 340 g/mol. The molecule has 1 unspecified atom stereocenters. The van der Waals surface area contributed by atoms with Crippen molar-refractivity contribution >= 4 is 11.8 Å². The summed E-state index contributed by atoms with van der Waals surface area (Å²) in [6.45, 7) is 2.19. The van der Waals surface area contributed by atoms with Gasteiger partial charge in [-0.25, -0.2) is 0 Å². The summed E-state index contributed by atoms with van der Waals surface area (Å²) in [5.74, 6) is 0.325. The van der Waals surface area contributed by atoms with Crippen molar-refractivity contribution < 1.29 is 19.8 Å². The quantitative estimate of drug-likeness (QED) is 0.348. The molecule has 2 aliphatic carbocycles. The van der Waals surface area contributed by atoms with Crippen LogP contribution in [0.3, 0.4) is 0 Å². The molecule has 2 N–H and O–H groups in total. The Kier molecular flexibility index (Phi) is 8.75. The number of ketones is 1. The molecule has 3 atom stereocenters. The number of carbonyl (C=O) groups is 2. The first kappa shape index (κ1) is 21.9. The Bertz CT molecular complexity index is 545. The van der Waals surface area contributed by atoms with Gasteiger partial charge >= 0.3 is 5.97 Å². The minimum absolute atomic E-state index is 0.0649. The molecule has 4 heteroatoms. The summed E-state index contributed by atoms with van der Waals surface area (Å²) in [6, 6.07) is 0. The van der Waals surface area contributed by atoms with Crippen molar-refractivity contribution in [3.05, 3.63) is 24.3 Å². The number of Topliss-reactive ketones (excluding diaryl/α,β-unsaturated/α-hetero) is 1. The molecular formula is C23H36O4. The standard InChI is InChI=1S/C23H36O4/c1-2-3-10-19(23(27)16-17-23)11-8-9-18-14-15-21(24)20(18)12-6-4-5-7-13-22(25)26/h4,6,8-9,18-20,27H,2-3,5,7,10-17H2,1H3,(H,25,26)/t18-,19?,20+/m0/s1. The fourth-order valence-corrected chi connectivity index (χ4v) is 4.21. The van der Waals surface area contributed by atoms with Crippen LogP contribution in [0, 0.1) is 17.8 Å². The van der Waals surface area contributed by atoms with Gasteiger partial charge in [-0.1, -0.05) is 44.1 Å². The third-order valence-electron chi connectivity index (χ3n) is 6.20. The molecule has 0 aromatic carbocycles. The summed E-state index contributed by atoms with van der Waals surface area (Å²) in [5, 5.41) is 19.1. The maximum atomic E-state index is 12.2. The molecule has 0 amide bonds. The molecule has 2 aliphatic rings. The molecule has 2 saturated carbocycles. The van der Waals surface area contributed by atoms with E-state index in [0.717, 1.165) is 57.8 Å². The lowest BCUT2D eigenvalue weighted by Gasteiger charge is -2.21. The van der Waals surface area contributed by atoms with Gasteiger partial charge in [0.15, 0.2) is 0 Å². The van der Waals surface area contributed by atoms with Crippen LogP contribution in [0.1, 0.15) is 84.0 Å². The number of unbranched alkanes of at least 4 members (excludes halogenated alkanes) is 2. The molecule has 0 aliphatic heterocycles. The Hall–Kier alpha value is -1.42. The topological polar surface area (TPSA) is 74.6 Å². The van der Waals surface area contributed by atoms with Crippen LogP contribution in [0.4, 0.5) is 0 Å². The fourth-order valence-electron chi connectivity index (χ4n) is 4.21. The third-order valence-corrected chi connectivity index (χ3v) is 6.20. The number of hydrogen-bond donors (Lipinski definition) is 2. The predicted molar refractivity (Wildman–Crippen MR) is 107 cm³/mol. The van der Waals surface area contributed by atoms with E-state index in [1.807, 2.05) is 12.2 Å². The smallest absolute Gasteiger partial charge is 0.303 e. The Morgan fingerprint density at radius 3 is 2.70 bits per heavy atom. The Balaban J connectivity index is 1.79. The van der Waals surface area contributed by atoms with E-state index < -0.39 is 11.6 Å². The van der Waals surface area contributed by atoms with Crippen molar-refractivity contribution in [1.82, 2.24) is 0 Å². The van der Waals surface area contributed by atoms with Crippen molar-refractivity contribution in [3.8, 4) is 0 Å². The van der Waals surface area contributed by atoms with Crippen molar-refractivity contribution in [2.75, 3.05) is 0 Å². The van der Waals surface area contributed by atoms with Gasteiger partial charge in [-0.15, -0.1) is 0 Å². The van der Waals surface area contributed by atoms with Gasteiger partial charge in [0.05, 0.1) is 5.60 Å². The monoisotopic (exact) mass is 376 g/mol. The summed E-state index contributed by atoms with van der Waals surface area (Å²) in [6.07, 6.45) is 18.6. The minimum atomic E-state index is -0.757. The van der Waals surface area contributed by atoms with Crippen LogP contribution in [-0.2, 0) is 9.59 Å². The van der Waals surface area contributed by atoms with Crippen LogP contribution < -0.4 is 0 Å². The summed E-state index contributed by atoms with van der Waals surface area (Å²) < 4.78 is 0. The van der Waals surface area contributed by atoms with Gasteiger partial charge in [0.1, 0.15) is 5.78 Å². The van der Waals surface area contributed by atoms with Gasteiger partial charge in [-0.2, -0.15) is 0 Å². The third kappa shape index (κ3) is 7.25. The van der Waals surface area contributed by atoms with E-state index in [4.69, 9.17) is 5.11 Å². The molecule has 0 aromatic rings. The summed E-state index contributed by atoms with van der Waals surface area (Å²) in [4.78, 5) is 22.7. The zero-order chi connectivity index (χ0) is 19.7. The van der Waals surface area contributed by atoms with E-state index in [1.165, 1.54) is 0 Å². The lowest BCUT2D eigenvalue weighted by molar-refractivity contribution is -0.137. The normalized spacial score (nSPS) is 25.5. The summed E-state index contributed by atoms with van der Waals surface area (Å²) in [5.41, 5.74) is -0.427. The number of rotatable bonds is 13. The maximum absolute atomic E-state index is 12.2. The molecule has 0 spiro atoms. The molecule has 27 heavy (non-hydrogen) atoms.